The first-order valence-corrected chi connectivity index (χ1v) is 7.27. The van der Waals surface area contributed by atoms with E-state index in [0.717, 1.165) is 6.42 Å². The molecule has 0 N–H and O–H groups in total. The number of nitrogens with zero attached hydrogens (tertiary/aromatic N) is 3. The molecule has 2 rings (SSSR count). The molecular weight excluding hydrogens is 294 g/mol. The Morgan fingerprint density at radius 3 is 2.81 bits per heavy atom. The van der Waals surface area contributed by atoms with Crippen LogP contribution >= 0.6 is 11.6 Å². The smallest absolute Gasteiger partial charge is 0.410 e. The fraction of sp³-hybridized carbons (Fsp3) is 0.643. The lowest BCUT2D eigenvalue weighted by Gasteiger charge is -2.26. The Labute approximate surface area is 129 Å². The number of ether oxygens (including phenoxy) is 2. The molecule has 1 amide bonds. The molecule has 6 nitrogen and oxygen atoms in total. The molecule has 1 aliphatic rings. The summed E-state index contributed by atoms with van der Waals surface area (Å²) in [5.74, 6) is 0.554. The van der Waals surface area contributed by atoms with Gasteiger partial charge in [0.2, 0.25) is 0 Å². The van der Waals surface area contributed by atoms with Crippen LogP contribution in [0.5, 0.6) is 5.75 Å². The number of hydrogen-bond acceptors (Lipinski definition) is 5. The van der Waals surface area contributed by atoms with E-state index in [0.29, 0.717) is 12.3 Å². The summed E-state index contributed by atoms with van der Waals surface area (Å²) in [6.45, 7) is 8.01. The zero-order chi connectivity index (χ0) is 15.6. The predicted molar refractivity (Wildman–Crippen MR) is 78.5 cm³/mol. The summed E-state index contributed by atoms with van der Waals surface area (Å²) < 4.78 is 11.2. The molecule has 1 aliphatic heterocycles. The highest BCUT2D eigenvalue weighted by atomic mass is 35.5. The highest BCUT2D eigenvalue weighted by molar-refractivity contribution is 6.29. The summed E-state index contributed by atoms with van der Waals surface area (Å²) >= 11 is 5.77. The van der Waals surface area contributed by atoms with Gasteiger partial charge in [-0.3, -0.25) is 0 Å². The van der Waals surface area contributed by atoms with Gasteiger partial charge in [-0.25, -0.2) is 4.79 Å². The molecule has 7 heteroatoms. The molecule has 116 valence electrons. The van der Waals surface area contributed by atoms with E-state index < -0.39 is 5.60 Å². The largest absolute Gasteiger partial charge is 0.487 e. The summed E-state index contributed by atoms with van der Waals surface area (Å²) in [7, 11) is 0. The van der Waals surface area contributed by atoms with Gasteiger partial charge in [0, 0.05) is 18.5 Å². The van der Waals surface area contributed by atoms with E-state index in [9.17, 15) is 4.79 Å². The molecule has 0 aromatic carbocycles. The second-order valence-electron chi connectivity index (χ2n) is 6.17. The topological polar surface area (TPSA) is 64.6 Å². The quantitative estimate of drug-likeness (QED) is 0.840. The van der Waals surface area contributed by atoms with E-state index in [1.807, 2.05) is 27.7 Å². The van der Waals surface area contributed by atoms with Gasteiger partial charge in [-0.05, 0) is 27.7 Å². The van der Waals surface area contributed by atoms with Crippen LogP contribution < -0.4 is 4.74 Å². The van der Waals surface area contributed by atoms with Crippen LogP contribution in [0.4, 0.5) is 4.79 Å². The van der Waals surface area contributed by atoms with Crippen LogP contribution in [0.1, 0.15) is 34.1 Å². The van der Waals surface area contributed by atoms with Crippen molar-refractivity contribution in [2.24, 2.45) is 0 Å². The summed E-state index contributed by atoms with van der Waals surface area (Å²) in [4.78, 5) is 13.8. The van der Waals surface area contributed by atoms with E-state index in [1.54, 1.807) is 11.0 Å². The Morgan fingerprint density at radius 2 is 2.19 bits per heavy atom. The van der Waals surface area contributed by atoms with Gasteiger partial charge in [-0.1, -0.05) is 11.6 Å². The van der Waals surface area contributed by atoms with Crippen molar-refractivity contribution >= 4 is 17.7 Å². The maximum atomic E-state index is 12.1. The third-order valence-electron chi connectivity index (χ3n) is 3.07. The molecule has 1 saturated heterocycles. The summed E-state index contributed by atoms with van der Waals surface area (Å²) in [5, 5.41) is 7.68. The predicted octanol–water partition coefficient (Wildman–Crippen LogP) is 2.91. The van der Waals surface area contributed by atoms with Crippen molar-refractivity contribution in [1.29, 1.82) is 0 Å². The minimum absolute atomic E-state index is 0.0649. The van der Waals surface area contributed by atoms with Gasteiger partial charge in [0.1, 0.15) is 17.5 Å². The third-order valence-corrected chi connectivity index (χ3v) is 3.25. The maximum absolute atomic E-state index is 12.1. The number of rotatable bonds is 2. The molecule has 0 aliphatic carbocycles. The monoisotopic (exact) mass is 313 g/mol. The number of hydrogen-bond donors (Lipinski definition) is 0. The molecule has 0 bridgehead atoms. The fourth-order valence-electron chi connectivity index (χ4n) is 2.22. The minimum atomic E-state index is -0.502. The van der Waals surface area contributed by atoms with Crippen LogP contribution in [0.15, 0.2) is 12.3 Å². The van der Waals surface area contributed by atoms with Gasteiger partial charge in [-0.2, -0.15) is 5.10 Å². The number of amides is 1. The molecule has 1 fully saturated rings. The van der Waals surface area contributed by atoms with Crippen molar-refractivity contribution in [3.8, 4) is 5.75 Å². The zero-order valence-electron chi connectivity index (χ0n) is 12.7. The summed E-state index contributed by atoms with van der Waals surface area (Å²) in [5.41, 5.74) is -0.502. The van der Waals surface area contributed by atoms with Crippen molar-refractivity contribution in [3.05, 3.63) is 17.4 Å². The highest BCUT2D eigenvalue weighted by Crippen LogP contribution is 2.25. The molecular formula is C14H20ClN3O3. The van der Waals surface area contributed by atoms with Gasteiger partial charge in [0.25, 0.3) is 0 Å². The number of carbonyl (C=O) groups is 1. The SMILES string of the molecule is C[C@H]1C[C@@H](Oc2cnnc(Cl)c2)CN1C(=O)OC(C)(C)C. The first kappa shape index (κ1) is 15.8. The van der Waals surface area contributed by atoms with Crippen molar-refractivity contribution in [2.75, 3.05) is 6.54 Å². The Morgan fingerprint density at radius 1 is 1.48 bits per heavy atom. The lowest BCUT2D eigenvalue weighted by atomic mass is 10.2. The number of likely N-dealkylation sites (tertiary alicyclic amines) is 1. The highest BCUT2D eigenvalue weighted by Gasteiger charge is 2.36. The van der Waals surface area contributed by atoms with Crippen LogP contribution in [0.25, 0.3) is 0 Å². The second-order valence-corrected chi connectivity index (χ2v) is 6.56. The normalized spacial score (nSPS) is 22.2. The van der Waals surface area contributed by atoms with Crippen LogP contribution in [0, 0.1) is 0 Å². The number of halogens is 1. The van der Waals surface area contributed by atoms with Crippen molar-refractivity contribution in [1.82, 2.24) is 15.1 Å². The lowest BCUT2D eigenvalue weighted by Crippen LogP contribution is -2.39. The zero-order valence-corrected chi connectivity index (χ0v) is 13.4. The average Bonchev–Trinajstić information content (AvgIpc) is 2.68. The van der Waals surface area contributed by atoms with E-state index >= 15 is 0 Å². The molecule has 0 saturated carbocycles. The average molecular weight is 314 g/mol. The molecule has 2 heterocycles. The van der Waals surface area contributed by atoms with Crippen molar-refractivity contribution < 1.29 is 14.3 Å². The van der Waals surface area contributed by atoms with E-state index in [2.05, 4.69) is 10.2 Å². The Kier molecular flexibility index (Phi) is 4.56. The van der Waals surface area contributed by atoms with Gasteiger partial charge >= 0.3 is 6.09 Å². The van der Waals surface area contributed by atoms with Gasteiger partial charge in [0.15, 0.2) is 5.15 Å². The van der Waals surface area contributed by atoms with Crippen LogP contribution in [0.2, 0.25) is 5.15 Å². The third kappa shape index (κ3) is 4.46. The lowest BCUT2D eigenvalue weighted by molar-refractivity contribution is 0.0224. The Balaban J connectivity index is 1.96. The molecule has 0 unspecified atom stereocenters. The first-order valence-electron chi connectivity index (χ1n) is 6.89. The number of carbonyl (C=O) groups excluding carboxylic acids is 1. The Bertz CT molecular complexity index is 518. The van der Waals surface area contributed by atoms with E-state index in [1.165, 1.54) is 6.20 Å². The van der Waals surface area contributed by atoms with E-state index in [-0.39, 0.29) is 23.4 Å². The van der Waals surface area contributed by atoms with Gasteiger partial charge in [0.05, 0.1) is 12.7 Å². The van der Waals surface area contributed by atoms with Crippen LogP contribution in [0.3, 0.4) is 0 Å². The minimum Gasteiger partial charge on any atom is -0.487 e. The van der Waals surface area contributed by atoms with Crippen LogP contribution in [-0.4, -0.2) is 45.5 Å². The van der Waals surface area contributed by atoms with Gasteiger partial charge in [-0.15, -0.1) is 5.10 Å². The second kappa shape index (κ2) is 6.05. The maximum Gasteiger partial charge on any atom is 0.410 e. The van der Waals surface area contributed by atoms with Crippen LogP contribution in [-0.2, 0) is 4.74 Å². The first-order chi connectivity index (χ1) is 9.74. The fourth-order valence-corrected chi connectivity index (χ4v) is 2.37. The molecule has 21 heavy (non-hydrogen) atoms. The van der Waals surface area contributed by atoms with Gasteiger partial charge < -0.3 is 14.4 Å². The van der Waals surface area contributed by atoms with Crippen molar-refractivity contribution in [3.63, 3.8) is 0 Å². The van der Waals surface area contributed by atoms with Crippen molar-refractivity contribution in [2.45, 2.75) is 51.9 Å². The molecule has 0 spiro atoms. The summed E-state index contributed by atoms with van der Waals surface area (Å²) in [6, 6.07) is 1.67. The summed E-state index contributed by atoms with van der Waals surface area (Å²) in [6.07, 6.45) is 1.83. The molecule has 1 aromatic heterocycles. The molecule has 1 aromatic rings. The molecule has 2 atom stereocenters. The number of aromatic nitrogens is 2. The van der Waals surface area contributed by atoms with E-state index in [4.69, 9.17) is 21.1 Å². The Hall–Kier alpha value is -1.56. The molecule has 0 radical (unpaired) electrons. The standard InChI is InChI=1S/C14H20ClN3O3/c1-9-5-11(20-10-6-12(15)17-16-7-10)8-18(9)13(19)21-14(2,3)4/h6-7,9,11H,5,8H2,1-4H3/t9-,11+/m0/s1.